The minimum Gasteiger partial charge on any atom is -0.381 e. The largest absolute Gasteiger partial charge is 0.381 e. The van der Waals surface area contributed by atoms with E-state index in [1.807, 2.05) is 0 Å². The molecule has 0 amide bonds. The molecular formula is C11H16O2. The lowest BCUT2D eigenvalue weighted by Crippen LogP contribution is -2.36. The molecule has 72 valence electrons. The van der Waals surface area contributed by atoms with Gasteiger partial charge in [-0.3, -0.25) is 0 Å². The molecule has 1 heterocycles. The van der Waals surface area contributed by atoms with E-state index in [4.69, 9.17) is 9.47 Å². The van der Waals surface area contributed by atoms with Crippen LogP contribution >= 0.6 is 0 Å². The summed E-state index contributed by atoms with van der Waals surface area (Å²) in [7, 11) is 0. The Bertz CT molecular complexity index is 232. The molecule has 1 saturated heterocycles. The van der Waals surface area contributed by atoms with Crippen molar-refractivity contribution in [3.05, 3.63) is 12.2 Å². The fraction of sp³-hybridized carbons (Fsp3) is 0.818. The molecule has 0 radical (unpaired) electrons. The van der Waals surface area contributed by atoms with Crippen molar-refractivity contribution in [1.29, 1.82) is 0 Å². The first-order valence-electron chi connectivity index (χ1n) is 5.27. The van der Waals surface area contributed by atoms with Crippen LogP contribution in [0.2, 0.25) is 0 Å². The highest BCUT2D eigenvalue weighted by molar-refractivity contribution is 5.18. The highest BCUT2D eigenvalue weighted by Gasteiger charge is 2.42. The fourth-order valence-corrected chi connectivity index (χ4v) is 2.55. The van der Waals surface area contributed by atoms with Crippen molar-refractivity contribution in [2.24, 2.45) is 11.8 Å². The van der Waals surface area contributed by atoms with Gasteiger partial charge in [-0.25, -0.2) is 0 Å². The number of fused-ring (bicyclic) bond motifs is 2. The van der Waals surface area contributed by atoms with E-state index in [-0.39, 0.29) is 5.60 Å². The highest BCUT2D eigenvalue weighted by Crippen LogP contribution is 2.45. The molecule has 2 nitrogen and oxygen atoms in total. The van der Waals surface area contributed by atoms with E-state index in [1.54, 1.807) is 0 Å². The summed E-state index contributed by atoms with van der Waals surface area (Å²) in [6.45, 7) is 2.71. The number of hydrogen-bond donors (Lipinski definition) is 0. The van der Waals surface area contributed by atoms with Gasteiger partial charge in [-0.2, -0.15) is 0 Å². The topological polar surface area (TPSA) is 18.5 Å². The first-order valence-corrected chi connectivity index (χ1v) is 5.27. The molecule has 3 aliphatic rings. The van der Waals surface area contributed by atoms with Gasteiger partial charge < -0.3 is 9.47 Å². The number of ether oxygens (including phenoxy) is 2. The van der Waals surface area contributed by atoms with E-state index >= 15 is 0 Å². The number of hydrogen-bond acceptors (Lipinski definition) is 2. The summed E-state index contributed by atoms with van der Waals surface area (Å²) < 4.78 is 11.1. The Balaban J connectivity index is 1.56. The lowest BCUT2D eigenvalue weighted by molar-refractivity contribution is -0.104. The van der Waals surface area contributed by atoms with E-state index in [2.05, 4.69) is 12.2 Å². The maximum atomic E-state index is 6.02. The Hall–Kier alpha value is -0.340. The van der Waals surface area contributed by atoms with Gasteiger partial charge in [-0.05, 0) is 25.2 Å². The van der Waals surface area contributed by atoms with Gasteiger partial charge in [0.1, 0.15) is 0 Å². The molecule has 1 saturated carbocycles. The second-order valence-corrected chi connectivity index (χ2v) is 4.64. The second kappa shape index (κ2) is 2.82. The summed E-state index contributed by atoms with van der Waals surface area (Å²) in [5, 5.41) is 0. The van der Waals surface area contributed by atoms with Crippen molar-refractivity contribution in [3.63, 3.8) is 0 Å². The molecule has 2 fully saturated rings. The quantitative estimate of drug-likeness (QED) is 0.616. The van der Waals surface area contributed by atoms with Gasteiger partial charge in [0, 0.05) is 5.92 Å². The van der Waals surface area contributed by atoms with Crippen molar-refractivity contribution in [2.75, 3.05) is 19.8 Å². The molecule has 3 rings (SSSR count). The lowest BCUT2D eigenvalue weighted by Gasteiger charge is -2.31. The van der Waals surface area contributed by atoms with Crippen LogP contribution in [0.1, 0.15) is 19.3 Å². The predicted octanol–water partition coefficient (Wildman–Crippen LogP) is 1.76. The van der Waals surface area contributed by atoms with Gasteiger partial charge in [0.15, 0.2) is 0 Å². The van der Waals surface area contributed by atoms with Gasteiger partial charge in [-0.15, -0.1) is 0 Å². The average molecular weight is 180 g/mol. The standard InChI is InChI=1S/C11H16O2/c1-3-11(4-2-9(1)5-11)13-8-10-6-12-7-10/h1,3,9-10H,2,4-8H2. The Morgan fingerprint density at radius 1 is 1.46 bits per heavy atom. The summed E-state index contributed by atoms with van der Waals surface area (Å²) >= 11 is 0. The predicted molar refractivity (Wildman–Crippen MR) is 49.5 cm³/mol. The van der Waals surface area contributed by atoms with Crippen molar-refractivity contribution in [2.45, 2.75) is 24.9 Å². The van der Waals surface area contributed by atoms with E-state index < -0.39 is 0 Å². The summed E-state index contributed by atoms with van der Waals surface area (Å²) in [5.41, 5.74) is 0.139. The zero-order valence-corrected chi connectivity index (χ0v) is 7.87. The Morgan fingerprint density at radius 2 is 2.38 bits per heavy atom. The molecule has 13 heavy (non-hydrogen) atoms. The third-order valence-electron chi connectivity index (χ3n) is 3.53. The van der Waals surface area contributed by atoms with Crippen LogP contribution in [0.4, 0.5) is 0 Å². The monoisotopic (exact) mass is 180 g/mol. The third-order valence-corrected chi connectivity index (χ3v) is 3.53. The van der Waals surface area contributed by atoms with E-state index in [0.29, 0.717) is 5.92 Å². The first kappa shape index (κ1) is 8.01. The Morgan fingerprint density at radius 3 is 2.85 bits per heavy atom. The molecule has 2 bridgehead atoms. The maximum absolute atomic E-state index is 6.02. The molecule has 2 atom stereocenters. The molecule has 0 N–H and O–H groups in total. The van der Waals surface area contributed by atoms with Crippen LogP contribution in [0.15, 0.2) is 12.2 Å². The molecule has 0 spiro atoms. The number of rotatable bonds is 3. The molecule has 2 aliphatic carbocycles. The average Bonchev–Trinajstić information content (AvgIpc) is 2.60. The van der Waals surface area contributed by atoms with Crippen molar-refractivity contribution >= 4 is 0 Å². The normalized spacial score (nSPS) is 42.6. The van der Waals surface area contributed by atoms with Crippen LogP contribution in [0.5, 0.6) is 0 Å². The van der Waals surface area contributed by atoms with Gasteiger partial charge in [0.05, 0.1) is 25.4 Å². The first-order chi connectivity index (χ1) is 6.36. The number of allylic oxidation sites excluding steroid dienone is 1. The van der Waals surface area contributed by atoms with Crippen LogP contribution < -0.4 is 0 Å². The van der Waals surface area contributed by atoms with E-state index in [0.717, 1.165) is 25.7 Å². The van der Waals surface area contributed by atoms with Crippen molar-refractivity contribution < 1.29 is 9.47 Å². The van der Waals surface area contributed by atoms with E-state index in [9.17, 15) is 0 Å². The fourth-order valence-electron chi connectivity index (χ4n) is 2.55. The summed E-state index contributed by atoms with van der Waals surface area (Å²) in [4.78, 5) is 0. The Labute approximate surface area is 78.9 Å². The van der Waals surface area contributed by atoms with Crippen molar-refractivity contribution in [1.82, 2.24) is 0 Å². The highest BCUT2D eigenvalue weighted by atomic mass is 16.5. The molecule has 2 unspecified atom stereocenters. The molecule has 1 aliphatic heterocycles. The molecule has 0 aromatic carbocycles. The van der Waals surface area contributed by atoms with Gasteiger partial charge in [0.25, 0.3) is 0 Å². The molecule has 0 aromatic rings. The minimum atomic E-state index is 0.139. The van der Waals surface area contributed by atoms with Gasteiger partial charge >= 0.3 is 0 Å². The third kappa shape index (κ3) is 1.32. The van der Waals surface area contributed by atoms with Crippen LogP contribution in [0.25, 0.3) is 0 Å². The van der Waals surface area contributed by atoms with Crippen molar-refractivity contribution in [3.8, 4) is 0 Å². The Kier molecular flexibility index (Phi) is 1.74. The van der Waals surface area contributed by atoms with Gasteiger partial charge in [0.2, 0.25) is 0 Å². The van der Waals surface area contributed by atoms with Crippen LogP contribution in [0.3, 0.4) is 0 Å². The molecule has 2 heteroatoms. The molecule has 0 aromatic heterocycles. The smallest absolute Gasteiger partial charge is 0.0868 e. The molecular weight excluding hydrogens is 164 g/mol. The zero-order valence-electron chi connectivity index (χ0n) is 7.87. The second-order valence-electron chi connectivity index (χ2n) is 4.64. The minimum absolute atomic E-state index is 0.139. The SMILES string of the molecule is C1=CC2(OCC3COC3)CCC1C2. The lowest BCUT2D eigenvalue weighted by atomic mass is 10.0. The van der Waals surface area contributed by atoms with Crippen LogP contribution in [0, 0.1) is 11.8 Å². The zero-order chi connectivity index (χ0) is 8.73. The van der Waals surface area contributed by atoms with Crippen LogP contribution in [-0.2, 0) is 9.47 Å². The summed E-state index contributed by atoms with van der Waals surface area (Å²) in [5.74, 6) is 1.49. The maximum Gasteiger partial charge on any atom is 0.0868 e. The van der Waals surface area contributed by atoms with Crippen LogP contribution in [-0.4, -0.2) is 25.4 Å². The summed E-state index contributed by atoms with van der Waals surface area (Å²) in [6, 6.07) is 0. The van der Waals surface area contributed by atoms with E-state index in [1.165, 1.54) is 19.3 Å². The summed E-state index contributed by atoms with van der Waals surface area (Å²) in [6.07, 6.45) is 8.43. The van der Waals surface area contributed by atoms with Gasteiger partial charge in [-0.1, -0.05) is 12.2 Å².